The Morgan fingerprint density at radius 2 is 2.11 bits per heavy atom. The Morgan fingerprint density at radius 3 is 2.56 bits per heavy atom. The molecule has 2 atom stereocenters. The minimum Gasteiger partial charge on any atom is -0.381 e. The quantitative estimate of drug-likeness (QED) is 0.783. The number of piperidine rings is 1. The SMILES string of the molecule is CCNC(C)(C#N)CC(C)N1CCC(OC)CC1. The van der Waals surface area contributed by atoms with Gasteiger partial charge in [-0.3, -0.25) is 5.32 Å². The largest absolute Gasteiger partial charge is 0.381 e. The summed E-state index contributed by atoms with van der Waals surface area (Å²) in [4.78, 5) is 2.47. The van der Waals surface area contributed by atoms with Crippen LogP contribution in [0.3, 0.4) is 0 Å². The highest BCUT2D eigenvalue weighted by Crippen LogP contribution is 2.20. The minimum atomic E-state index is -0.410. The van der Waals surface area contributed by atoms with Gasteiger partial charge in [0.2, 0.25) is 0 Å². The van der Waals surface area contributed by atoms with Crippen molar-refractivity contribution in [3.8, 4) is 6.07 Å². The molecule has 0 amide bonds. The molecule has 0 saturated carbocycles. The molecule has 0 aromatic heterocycles. The Morgan fingerprint density at radius 1 is 1.50 bits per heavy atom. The first-order chi connectivity index (χ1) is 8.54. The fourth-order valence-electron chi connectivity index (χ4n) is 2.82. The van der Waals surface area contributed by atoms with Crippen molar-refractivity contribution in [3.05, 3.63) is 0 Å². The predicted molar refractivity (Wildman–Crippen MR) is 73.4 cm³/mol. The zero-order valence-electron chi connectivity index (χ0n) is 12.2. The molecule has 0 bridgehead atoms. The molecule has 4 heteroatoms. The fraction of sp³-hybridized carbons (Fsp3) is 0.929. The van der Waals surface area contributed by atoms with Crippen molar-refractivity contribution >= 4 is 0 Å². The Hall–Kier alpha value is -0.630. The van der Waals surface area contributed by atoms with Crippen molar-refractivity contribution in [2.24, 2.45) is 0 Å². The van der Waals surface area contributed by atoms with Gasteiger partial charge in [-0.25, -0.2) is 0 Å². The summed E-state index contributed by atoms with van der Waals surface area (Å²) in [7, 11) is 1.79. The van der Waals surface area contributed by atoms with Crippen molar-refractivity contribution in [2.75, 3.05) is 26.7 Å². The third-order valence-electron chi connectivity index (χ3n) is 3.95. The van der Waals surface area contributed by atoms with Gasteiger partial charge >= 0.3 is 0 Å². The van der Waals surface area contributed by atoms with E-state index in [1.165, 1.54) is 0 Å². The monoisotopic (exact) mass is 253 g/mol. The highest BCUT2D eigenvalue weighted by atomic mass is 16.5. The Bertz CT molecular complexity index is 281. The predicted octanol–water partition coefficient (Wildman–Crippen LogP) is 1.77. The maximum atomic E-state index is 9.29. The van der Waals surface area contributed by atoms with Gasteiger partial charge in [0.15, 0.2) is 0 Å². The summed E-state index contributed by atoms with van der Waals surface area (Å²) >= 11 is 0. The lowest BCUT2D eigenvalue weighted by Gasteiger charge is -2.38. The molecule has 1 heterocycles. The third-order valence-corrected chi connectivity index (χ3v) is 3.95. The van der Waals surface area contributed by atoms with Crippen molar-refractivity contribution in [2.45, 2.75) is 57.7 Å². The van der Waals surface area contributed by atoms with Gasteiger partial charge in [-0.15, -0.1) is 0 Å². The van der Waals surface area contributed by atoms with Crippen LogP contribution in [-0.4, -0.2) is 49.3 Å². The second kappa shape index (κ2) is 7.08. The fourth-order valence-corrected chi connectivity index (χ4v) is 2.82. The van der Waals surface area contributed by atoms with E-state index in [1.54, 1.807) is 7.11 Å². The molecule has 0 aliphatic carbocycles. The average molecular weight is 253 g/mol. The van der Waals surface area contributed by atoms with Crippen molar-refractivity contribution in [1.82, 2.24) is 10.2 Å². The Labute approximate surface area is 111 Å². The second-order valence-electron chi connectivity index (χ2n) is 5.50. The number of rotatable bonds is 6. The number of nitrogens with zero attached hydrogens (tertiary/aromatic N) is 2. The number of hydrogen-bond acceptors (Lipinski definition) is 4. The number of likely N-dealkylation sites (tertiary alicyclic amines) is 1. The molecule has 1 aliphatic rings. The summed E-state index contributed by atoms with van der Waals surface area (Å²) < 4.78 is 5.39. The van der Waals surface area contributed by atoms with Crippen LogP contribution in [0.2, 0.25) is 0 Å². The summed E-state index contributed by atoms with van der Waals surface area (Å²) in [5.74, 6) is 0. The van der Waals surface area contributed by atoms with Gasteiger partial charge in [-0.05, 0) is 39.7 Å². The summed E-state index contributed by atoms with van der Waals surface area (Å²) in [5, 5.41) is 12.6. The van der Waals surface area contributed by atoms with Gasteiger partial charge in [0.1, 0.15) is 5.54 Å². The van der Waals surface area contributed by atoms with E-state index in [9.17, 15) is 5.26 Å². The zero-order valence-corrected chi connectivity index (χ0v) is 12.2. The normalized spacial score (nSPS) is 23.3. The van der Waals surface area contributed by atoms with E-state index in [-0.39, 0.29) is 0 Å². The number of hydrogen-bond donors (Lipinski definition) is 1. The first-order valence-corrected chi connectivity index (χ1v) is 6.97. The lowest BCUT2D eigenvalue weighted by molar-refractivity contribution is 0.0260. The van der Waals surface area contributed by atoms with Crippen molar-refractivity contribution in [1.29, 1.82) is 5.26 Å². The topological polar surface area (TPSA) is 48.3 Å². The van der Waals surface area contributed by atoms with Crippen LogP contribution >= 0.6 is 0 Å². The summed E-state index contributed by atoms with van der Waals surface area (Å²) in [6.45, 7) is 9.25. The number of ether oxygens (including phenoxy) is 1. The third kappa shape index (κ3) is 4.24. The van der Waals surface area contributed by atoms with E-state index in [2.05, 4.69) is 23.2 Å². The molecular weight excluding hydrogens is 226 g/mol. The van der Waals surface area contributed by atoms with Gasteiger partial charge < -0.3 is 9.64 Å². The minimum absolute atomic E-state index is 0.410. The van der Waals surface area contributed by atoms with E-state index in [0.717, 1.165) is 38.9 Å². The lowest BCUT2D eigenvalue weighted by atomic mass is 9.93. The Balaban J connectivity index is 2.46. The van der Waals surface area contributed by atoms with Gasteiger partial charge in [0.25, 0.3) is 0 Å². The molecule has 104 valence electrons. The molecule has 18 heavy (non-hydrogen) atoms. The maximum Gasteiger partial charge on any atom is 0.105 e. The molecule has 1 saturated heterocycles. The lowest BCUT2D eigenvalue weighted by Crippen LogP contribution is -2.49. The van der Waals surface area contributed by atoms with Crippen LogP contribution in [0.5, 0.6) is 0 Å². The van der Waals surface area contributed by atoms with Crippen LogP contribution < -0.4 is 5.32 Å². The number of nitriles is 1. The molecule has 0 aromatic carbocycles. The molecule has 1 N–H and O–H groups in total. The van der Waals surface area contributed by atoms with E-state index in [1.807, 2.05) is 13.8 Å². The molecule has 4 nitrogen and oxygen atoms in total. The molecule has 1 rings (SSSR count). The summed E-state index contributed by atoms with van der Waals surface area (Å²) in [6.07, 6.45) is 3.50. The first-order valence-electron chi connectivity index (χ1n) is 6.97. The van der Waals surface area contributed by atoms with Crippen molar-refractivity contribution < 1.29 is 4.74 Å². The average Bonchev–Trinajstić information content (AvgIpc) is 2.39. The molecule has 1 fully saturated rings. The van der Waals surface area contributed by atoms with E-state index in [4.69, 9.17) is 4.74 Å². The van der Waals surface area contributed by atoms with E-state index >= 15 is 0 Å². The van der Waals surface area contributed by atoms with Crippen LogP contribution in [0.25, 0.3) is 0 Å². The van der Waals surface area contributed by atoms with Crippen LogP contribution in [0.1, 0.15) is 40.0 Å². The van der Waals surface area contributed by atoms with E-state index in [0.29, 0.717) is 12.1 Å². The van der Waals surface area contributed by atoms with Crippen LogP contribution in [0, 0.1) is 11.3 Å². The molecule has 0 spiro atoms. The van der Waals surface area contributed by atoms with Gasteiger partial charge in [0, 0.05) is 26.2 Å². The molecule has 1 aliphatic heterocycles. The smallest absolute Gasteiger partial charge is 0.105 e. The molecular formula is C14H27N3O. The molecule has 0 aromatic rings. The van der Waals surface area contributed by atoms with Crippen LogP contribution in [0.15, 0.2) is 0 Å². The second-order valence-corrected chi connectivity index (χ2v) is 5.50. The van der Waals surface area contributed by atoms with Crippen LogP contribution in [-0.2, 0) is 4.74 Å². The highest BCUT2D eigenvalue weighted by molar-refractivity contribution is 5.05. The number of nitrogens with one attached hydrogen (secondary N) is 1. The maximum absolute atomic E-state index is 9.29. The molecule has 2 unspecified atom stereocenters. The number of methoxy groups -OCH3 is 1. The summed E-state index contributed by atoms with van der Waals surface area (Å²) in [6, 6.07) is 2.84. The zero-order chi connectivity index (χ0) is 13.6. The van der Waals surface area contributed by atoms with Gasteiger partial charge in [-0.1, -0.05) is 6.92 Å². The van der Waals surface area contributed by atoms with E-state index < -0.39 is 5.54 Å². The van der Waals surface area contributed by atoms with Crippen molar-refractivity contribution in [3.63, 3.8) is 0 Å². The van der Waals surface area contributed by atoms with Gasteiger partial charge in [0.05, 0.1) is 12.2 Å². The summed E-state index contributed by atoms with van der Waals surface area (Å²) in [5.41, 5.74) is -0.410. The molecule has 0 radical (unpaired) electrons. The van der Waals surface area contributed by atoms with Gasteiger partial charge in [-0.2, -0.15) is 5.26 Å². The standard InChI is InChI=1S/C14H27N3O/c1-5-16-14(3,11-15)10-12(2)17-8-6-13(18-4)7-9-17/h12-13,16H,5-10H2,1-4H3. The van der Waals surface area contributed by atoms with Crippen LogP contribution in [0.4, 0.5) is 0 Å². The first kappa shape index (κ1) is 15.4. The Kier molecular flexibility index (Phi) is 6.07. The highest BCUT2D eigenvalue weighted by Gasteiger charge is 2.29.